The molecule has 0 bridgehead atoms. The first-order valence-electron chi connectivity index (χ1n) is 2.65. The van der Waals surface area contributed by atoms with Gasteiger partial charge >= 0.3 is 5.97 Å². The maximum absolute atomic E-state index is 10.6. The summed E-state index contributed by atoms with van der Waals surface area (Å²) < 4.78 is 4.64. The lowest BCUT2D eigenvalue weighted by Crippen LogP contribution is -2.01. The lowest BCUT2D eigenvalue weighted by molar-refractivity contribution is -0.137. The Hall–Kier alpha value is -0.500. The number of carbonyl (C=O) groups excluding carboxylic acids is 1. The molecule has 0 aromatic carbocycles. The average molecular weight is 147 g/mol. The van der Waals surface area contributed by atoms with E-state index in [0.29, 0.717) is 5.57 Å². The van der Waals surface area contributed by atoms with Crippen LogP contribution in [0.5, 0.6) is 0 Å². The molecule has 0 radical (unpaired) electrons. The first-order chi connectivity index (χ1) is 4.13. The number of carbonyl (C=O) groups is 1. The van der Waals surface area contributed by atoms with Crippen LogP contribution in [0.3, 0.4) is 0 Å². The molecule has 0 N–H and O–H groups in total. The number of cyclic esters (lactones) is 1. The fraction of sp³-hybridized carbons (Fsp3) is 0.500. The maximum Gasteiger partial charge on any atom is 0.335 e. The van der Waals surface area contributed by atoms with Crippen molar-refractivity contribution in [2.45, 2.75) is 19.4 Å². The highest BCUT2D eigenvalue weighted by molar-refractivity contribution is 6.23. The Labute approximate surface area is 58.4 Å². The average Bonchev–Trinajstić information content (AvgIpc) is 1.98. The van der Waals surface area contributed by atoms with Crippen LogP contribution in [-0.4, -0.2) is 11.5 Å². The van der Waals surface area contributed by atoms with Gasteiger partial charge in [-0.2, -0.15) is 0 Å². The van der Waals surface area contributed by atoms with Crippen molar-refractivity contribution < 1.29 is 9.53 Å². The van der Waals surface area contributed by atoms with Gasteiger partial charge in [0.15, 0.2) is 5.56 Å². The zero-order valence-corrected chi connectivity index (χ0v) is 6.03. The lowest BCUT2D eigenvalue weighted by Gasteiger charge is -1.97. The number of ether oxygens (including phenoxy) is 1. The van der Waals surface area contributed by atoms with Crippen LogP contribution >= 0.6 is 11.6 Å². The molecule has 3 heteroatoms. The summed E-state index contributed by atoms with van der Waals surface area (Å²) in [6.07, 6.45) is 0. The van der Waals surface area contributed by atoms with E-state index in [2.05, 4.69) is 4.74 Å². The van der Waals surface area contributed by atoms with Crippen molar-refractivity contribution in [2.24, 2.45) is 0 Å². The van der Waals surface area contributed by atoms with Crippen molar-refractivity contribution in [3.05, 3.63) is 11.1 Å². The summed E-state index contributed by atoms with van der Waals surface area (Å²) in [4.78, 5) is 10.6. The second kappa shape index (κ2) is 2.03. The van der Waals surface area contributed by atoms with Crippen LogP contribution in [0.1, 0.15) is 13.8 Å². The van der Waals surface area contributed by atoms with Crippen molar-refractivity contribution >= 4 is 17.6 Å². The molecular formula is C6H7ClO2. The largest absolute Gasteiger partial charge is 0.438 e. The third kappa shape index (κ3) is 0.944. The first kappa shape index (κ1) is 6.62. The summed E-state index contributed by atoms with van der Waals surface area (Å²) in [5, 5.41) is 0. The number of hydrogen-bond donors (Lipinski definition) is 0. The van der Waals surface area contributed by atoms with Crippen molar-refractivity contribution in [1.82, 2.24) is 0 Å². The van der Waals surface area contributed by atoms with Crippen LogP contribution in [0.4, 0.5) is 0 Å². The molecule has 9 heavy (non-hydrogen) atoms. The molecule has 50 valence electrons. The molecule has 0 saturated heterocycles. The Bertz CT molecular complexity index is 183. The third-order valence-electron chi connectivity index (χ3n) is 1.45. The number of esters is 1. The second-order valence-electron chi connectivity index (χ2n) is 2.03. The minimum Gasteiger partial charge on any atom is -0.438 e. The van der Waals surface area contributed by atoms with Gasteiger partial charge in [0, 0.05) is 5.57 Å². The Morgan fingerprint density at radius 3 is 2.22 bits per heavy atom. The quantitative estimate of drug-likeness (QED) is 0.382. The molecule has 1 aliphatic rings. The van der Waals surface area contributed by atoms with Crippen LogP contribution < -0.4 is 0 Å². The van der Waals surface area contributed by atoms with Gasteiger partial charge in [0.05, 0.1) is 0 Å². The van der Waals surface area contributed by atoms with Gasteiger partial charge < -0.3 is 4.74 Å². The molecule has 1 heterocycles. The molecule has 1 rings (SSSR count). The zero-order valence-electron chi connectivity index (χ0n) is 5.27. The Morgan fingerprint density at radius 2 is 2.11 bits per heavy atom. The topological polar surface area (TPSA) is 26.3 Å². The van der Waals surface area contributed by atoms with E-state index >= 15 is 0 Å². The van der Waals surface area contributed by atoms with Crippen molar-refractivity contribution in [1.29, 1.82) is 0 Å². The van der Waals surface area contributed by atoms with E-state index in [1.165, 1.54) is 0 Å². The highest BCUT2D eigenvalue weighted by Crippen LogP contribution is 2.23. The summed E-state index contributed by atoms with van der Waals surface area (Å²) in [6, 6.07) is 0. The van der Waals surface area contributed by atoms with Gasteiger partial charge in [0.2, 0.25) is 0 Å². The van der Waals surface area contributed by atoms with E-state index < -0.39 is 5.56 Å². The molecule has 0 fully saturated rings. The molecule has 0 aliphatic carbocycles. The summed E-state index contributed by atoms with van der Waals surface area (Å²) in [7, 11) is 0. The molecule has 1 aliphatic heterocycles. The van der Waals surface area contributed by atoms with Crippen molar-refractivity contribution in [3.8, 4) is 0 Å². The Balaban J connectivity index is 2.92. The smallest absolute Gasteiger partial charge is 0.335 e. The zero-order chi connectivity index (χ0) is 7.02. The van der Waals surface area contributed by atoms with E-state index in [-0.39, 0.29) is 5.97 Å². The first-order valence-corrected chi connectivity index (χ1v) is 3.09. The summed E-state index contributed by atoms with van der Waals surface area (Å²) >= 11 is 5.55. The van der Waals surface area contributed by atoms with Crippen LogP contribution in [-0.2, 0) is 9.53 Å². The Morgan fingerprint density at radius 1 is 1.56 bits per heavy atom. The maximum atomic E-state index is 10.6. The molecule has 0 aromatic heterocycles. The highest BCUT2D eigenvalue weighted by atomic mass is 35.5. The Kier molecular flexibility index (Phi) is 1.49. The molecule has 0 aromatic rings. The molecule has 0 spiro atoms. The van der Waals surface area contributed by atoms with E-state index in [1.54, 1.807) is 13.8 Å². The van der Waals surface area contributed by atoms with Gasteiger partial charge in [-0.05, 0) is 19.4 Å². The number of halogens is 1. The minimum absolute atomic E-state index is 0.299. The molecular weight excluding hydrogens is 140 g/mol. The molecule has 1 atom stereocenters. The summed E-state index contributed by atoms with van der Waals surface area (Å²) in [6.45, 7) is 3.50. The highest BCUT2D eigenvalue weighted by Gasteiger charge is 2.25. The van der Waals surface area contributed by atoms with Gasteiger partial charge in [-0.3, -0.25) is 0 Å². The monoisotopic (exact) mass is 146 g/mol. The van der Waals surface area contributed by atoms with E-state index in [4.69, 9.17) is 11.6 Å². The van der Waals surface area contributed by atoms with Gasteiger partial charge in [0.25, 0.3) is 0 Å². The van der Waals surface area contributed by atoms with E-state index in [9.17, 15) is 4.79 Å². The van der Waals surface area contributed by atoms with Gasteiger partial charge in [-0.15, -0.1) is 0 Å². The van der Waals surface area contributed by atoms with Crippen LogP contribution in [0.2, 0.25) is 0 Å². The molecule has 2 nitrogen and oxygen atoms in total. The van der Waals surface area contributed by atoms with E-state index in [1.807, 2.05) is 0 Å². The summed E-state index contributed by atoms with van der Waals surface area (Å²) in [5.41, 5.74) is 0.925. The van der Waals surface area contributed by atoms with Gasteiger partial charge in [-0.1, -0.05) is 11.6 Å². The molecule has 0 saturated carbocycles. The summed E-state index contributed by atoms with van der Waals surface area (Å²) in [5.74, 6) is -0.299. The van der Waals surface area contributed by atoms with Crippen molar-refractivity contribution in [2.75, 3.05) is 0 Å². The van der Waals surface area contributed by atoms with Crippen LogP contribution in [0, 0.1) is 0 Å². The molecule has 1 unspecified atom stereocenters. The SMILES string of the molecule is CC1=C(C)C(Cl)OC1=O. The van der Waals surface area contributed by atoms with Crippen LogP contribution in [0.25, 0.3) is 0 Å². The van der Waals surface area contributed by atoms with E-state index in [0.717, 1.165) is 5.57 Å². The lowest BCUT2D eigenvalue weighted by atomic mass is 10.2. The number of hydrogen-bond acceptors (Lipinski definition) is 2. The van der Waals surface area contributed by atoms with Crippen molar-refractivity contribution in [3.63, 3.8) is 0 Å². The third-order valence-corrected chi connectivity index (χ3v) is 1.87. The number of rotatable bonds is 0. The fourth-order valence-corrected chi connectivity index (χ4v) is 0.847. The van der Waals surface area contributed by atoms with Gasteiger partial charge in [-0.25, -0.2) is 4.79 Å². The molecule has 0 amide bonds. The predicted octanol–water partition coefficient (Wildman–Crippen LogP) is 1.44. The van der Waals surface area contributed by atoms with Gasteiger partial charge in [0.1, 0.15) is 0 Å². The standard InChI is InChI=1S/C6H7ClO2/c1-3-4(2)6(8)9-5(3)7/h5H,1-2H3. The normalized spacial score (nSPS) is 27.0. The minimum atomic E-state index is -0.530. The fourth-order valence-electron chi connectivity index (χ4n) is 0.602. The van der Waals surface area contributed by atoms with Crippen LogP contribution in [0.15, 0.2) is 11.1 Å². The second-order valence-corrected chi connectivity index (χ2v) is 2.43. The predicted molar refractivity (Wildman–Crippen MR) is 34.1 cm³/mol. The number of alkyl halides is 1.